The van der Waals surface area contributed by atoms with Crippen LogP contribution in [0, 0.1) is 0 Å². The molecule has 0 spiro atoms. The fourth-order valence-corrected chi connectivity index (χ4v) is 3.08. The van der Waals surface area contributed by atoms with Gasteiger partial charge in [0.15, 0.2) is 0 Å². The summed E-state index contributed by atoms with van der Waals surface area (Å²) in [6.45, 7) is 0.356. The Hall–Kier alpha value is -2.69. The molecular weight excluding hydrogens is 315 g/mol. The maximum absolute atomic E-state index is 13.1. The van der Waals surface area contributed by atoms with Gasteiger partial charge in [0.2, 0.25) is 0 Å². The van der Waals surface area contributed by atoms with E-state index >= 15 is 0 Å². The van der Waals surface area contributed by atoms with Gasteiger partial charge in [-0.05, 0) is 23.8 Å². The van der Waals surface area contributed by atoms with E-state index < -0.39 is 11.7 Å². The zero-order valence-electron chi connectivity index (χ0n) is 12.7. The number of hydrogen-bond acceptors (Lipinski definition) is 1. The summed E-state index contributed by atoms with van der Waals surface area (Å²) < 4.78 is 47.1. The molecule has 4 rings (SSSR count). The maximum atomic E-state index is 13.1. The minimum absolute atomic E-state index is 0.113. The third-order valence-electron chi connectivity index (χ3n) is 4.19. The van der Waals surface area contributed by atoms with Crippen LogP contribution in [0.2, 0.25) is 0 Å². The van der Waals surface area contributed by atoms with Crippen LogP contribution in [0.25, 0.3) is 17.1 Å². The Kier molecular flexibility index (Phi) is 3.37. The van der Waals surface area contributed by atoms with E-state index in [-0.39, 0.29) is 12.0 Å². The number of ether oxygens (including phenoxy) is 1. The average Bonchev–Trinajstić information content (AvgIpc) is 2.92. The Balaban J connectivity index is 1.72. The SMILES string of the molecule is FC(F)(F)c1ccccc1CC1=Cn2c(cc3ccccc32)CO1. The van der Waals surface area contributed by atoms with Crippen molar-refractivity contribution in [2.24, 2.45) is 0 Å². The number of nitrogens with zero attached hydrogens (tertiary/aromatic N) is 1. The van der Waals surface area contributed by atoms with Crippen molar-refractivity contribution in [2.75, 3.05) is 0 Å². The molecule has 0 amide bonds. The highest BCUT2D eigenvalue weighted by atomic mass is 19.4. The molecule has 2 aromatic carbocycles. The molecule has 0 atom stereocenters. The molecular formula is C19H14F3NO. The van der Waals surface area contributed by atoms with E-state index in [1.807, 2.05) is 34.9 Å². The molecule has 1 aromatic heterocycles. The van der Waals surface area contributed by atoms with Gasteiger partial charge in [-0.1, -0.05) is 36.4 Å². The lowest BCUT2D eigenvalue weighted by molar-refractivity contribution is -0.138. The minimum atomic E-state index is -4.36. The van der Waals surface area contributed by atoms with Gasteiger partial charge >= 0.3 is 6.18 Å². The van der Waals surface area contributed by atoms with E-state index in [1.165, 1.54) is 12.1 Å². The first-order valence-corrected chi connectivity index (χ1v) is 7.60. The Morgan fingerprint density at radius 3 is 2.58 bits per heavy atom. The lowest BCUT2D eigenvalue weighted by Gasteiger charge is -2.19. The number of rotatable bonds is 2. The highest BCUT2D eigenvalue weighted by Gasteiger charge is 2.33. The van der Waals surface area contributed by atoms with E-state index in [4.69, 9.17) is 4.74 Å². The van der Waals surface area contributed by atoms with Crippen LogP contribution >= 0.6 is 0 Å². The van der Waals surface area contributed by atoms with Crippen molar-refractivity contribution in [2.45, 2.75) is 19.2 Å². The van der Waals surface area contributed by atoms with Gasteiger partial charge in [-0.15, -0.1) is 0 Å². The number of fused-ring (bicyclic) bond motifs is 3. The van der Waals surface area contributed by atoms with Gasteiger partial charge in [0, 0.05) is 18.0 Å². The van der Waals surface area contributed by atoms with Gasteiger partial charge in [-0.3, -0.25) is 0 Å². The van der Waals surface area contributed by atoms with Crippen molar-refractivity contribution >= 4 is 17.1 Å². The molecule has 2 nitrogen and oxygen atoms in total. The second kappa shape index (κ2) is 5.44. The zero-order valence-corrected chi connectivity index (χ0v) is 12.7. The number of allylic oxidation sites excluding steroid dienone is 1. The third kappa shape index (κ3) is 2.56. The zero-order chi connectivity index (χ0) is 16.7. The quantitative estimate of drug-likeness (QED) is 0.628. The van der Waals surface area contributed by atoms with Gasteiger partial charge in [0.25, 0.3) is 0 Å². The van der Waals surface area contributed by atoms with Crippen LogP contribution < -0.4 is 0 Å². The number of hydrogen-bond donors (Lipinski definition) is 0. The standard InChI is InChI=1S/C19H14F3NO/c20-19(21,22)17-7-3-1-5-13(17)10-16-11-23-15(12-24-16)9-14-6-2-4-8-18(14)23/h1-9,11H,10,12H2. The van der Waals surface area contributed by atoms with Crippen molar-refractivity contribution in [3.63, 3.8) is 0 Å². The number of alkyl halides is 3. The minimum Gasteiger partial charge on any atom is -0.490 e. The molecule has 5 heteroatoms. The fourth-order valence-electron chi connectivity index (χ4n) is 3.08. The van der Waals surface area contributed by atoms with E-state index in [1.54, 1.807) is 12.3 Å². The van der Waals surface area contributed by atoms with E-state index in [0.29, 0.717) is 12.4 Å². The molecule has 2 heterocycles. The number of halogens is 3. The number of benzene rings is 2. The highest BCUT2D eigenvalue weighted by Crippen LogP contribution is 2.34. The Labute approximate surface area is 136 Å². The molecule has 1 aliphatic rings. The second-order valence-corrected chi connectivity index (χ2v) is 5.78. The summed E-state index contributed by atoms with van der Waals surface area (Å²) in [7, 11) is 0. The Bertz CT molecular complexity index is 937. The van der Waals surface area contributed by atoms with E-state index in [2.05, 4.69) is 0 Å². The molecule has 122 valence electrons. The van der Waals surface area contributed by atoms with Crippen LogP contribution in [0.1, 0.15) is 16.8 Å². The Morgan fingerprint density at radius 2 is 1.75 bits per heavy atom. The normalized spacial score (nSPS) is 14.2. The van der Waals surface area contributed by atoms with Crippen LogP contribution in [0.5, 0.6) is 0 Å². The molecule has 1 aliphatic heterocycles. The highest BCUT2D eigenvalue weighted by molar-refractivity contribution is 5.83. The van der Waals surface area contributed by atoms with Gasteiger partial charge < -0.3 is 9.30 Å². The molecule has 0 bridgehead atoms. The Morgan fingerprint density at radius 1 is 1.00 bits per heavy atom. The van der Waals surface area contributed by atoms with Crippen LogP contribution in [0.4, 0.5) is 13.2 Å². The monoisotopic (exact) mass is 329 g/mol. The summed E-state index contributed by atoms with van der Waals surface area (Å²) in [5.41, 5.74) is 1.62. The van der Waals surface area contributed by atoms with Gasteiger partial charge in [-0.2, -0.15) is 13.2 Å². The summed E-state index contributed by atoms with van der Waals surface area (Å²) in [6, 6.07) is 15.5. The summed E-state index contributed by atoms with van der Waals surface area (Å²) in [5.74, 6) is 0.528. The molecule has 0 N–H and O–H groups in total. The first-order chi connectivity index (χ1) is 11.5. The lowest BCUT2D eigenvalue weighted by atomic mass is 10.0. The van der Waals surface area contributed by atoms with Crippen LogP contribution in [-0.2, 0) is 23.9 Å². The van der Waals surface area contributed by atoms with Gasteiger partial charge in [-0.25, -0.2) is 0 Å². The molecule has 0 aliphatic carbocycles. The molecule has 0 fully saturated rings. The van der Waals surface area contributed by atoms with Crippen molar-refractivity contribution in [1.82, 2.24) is 4.57 Å². The smallest absolute Gasteiger partial charge is 0.416 e. The molecule has 24 heavy (non-hydrogen) atoms. The number of aromatic nitrogens is 1. The van der Waals surface area contributed by atoms with Crippen LogP contribution in [0.15, 0.2) is 60.4 Å². The largest absolute Gasteiger partial charge is 0.490 e. The molecule has 3 aromatic rings. The van der Waals surface area contributed by atoms with Gasteiger partial charge in [0.05, 0.1) is 16.8 Å². The molecule has 0 radical (unpaired) electrons. The van der Waals surface area contributed by atoms with Gasteiger partial charge in [0.1, 0.15) is 12.4 Å². The lowest BCUT2D eigenvalue weighted by Crippen LogP contribution is -2.12. The predicted octanol–water partition coefficient (Wildman–Crippen LogP) is 5.23. The predicted molar refractivity (Wildman–Crippen MR) is 86.1 cm³/mol. The molecule has 0 saturated carbocycles. The van der Waals surface area contributed by atoms with Crippen LogP contribution in [0.3, 0.4) is 0 Å². The van der Waals surface area contributed by atoms with Crippen molar-refractivity contribution in [3.8, 4) is 0 Å². The summed E-state index contributed by atoms with van der Waals surface area (Å²) in [6.07, 6.45) is -2.47. The average molecular weight is 329 g/mol. The molecule has 0 saturated heterocycles. The van der Waals surface area contributed by atoms with Crippen molar-refractivity contribution < 1.29 is 17.9 Å². The number of para-hydroxylation sites is 1. The first-order valence-electron chi connectivity index (χ1n) is 7.60. The fraction of sp³-hybridized carbons (Fsp3) is 0.158. The van der Waals surface area contributed by atoms with Crippen molar-refractivity contribution in [3.05, 3.63) is 77.2 Å². The first kappa shape index (κ1) is 14.9. The topological polar surface area (TPSA) is 14.2 Å². The molecule has 0 unspecified atom stereocenters. The van der Waals surface area contributed by atoms with Crippen LogP contribution in [-0.4, -0.2) is 4.57 Å². The van der Waals surface area contributed by atoms with E-state index in [9.17, 15) is 13.2 Å². The summed E-state index contributed by atoms with van der Waals surface area (Å²) in [4.78, 5) is 0. The van der Waals surface area contributed by atoms with E-state index in [0.717, 1.165) is 22.7 Å². The van der Waals surface area contributed by atoms with Crippen molar-refractivity contribution in [1.29, 1.82) is 0 Å². The third-order valence-corrected chi connectivity index (χ3v) is 4.19. The second-order valence-electron chi connectivity index (χ2n) is 5.78. The summed E-state index contributed by atoms with van der Waals surface area (Å²) >= 11 is 0. The maximum Gasteiger partial charge on any atom is 0.416 e. The summed E-state index contributed by atoms with van der Waals surface area (Å²) in [5, 5.41) is 1.09.